The number of thioether (sulfide) groups is 1. The quantitative estimate of drug-likeness (QED) is 0.463. The van der Waals surface area contributed by atoms with E-state index in [-0.39, 0.29) is 13.0 Å². The monoisotopic (exact) mass is 297 g/mol. The lowest BCUT2D eigenvalue weighted by molar-refractivity contribution is -0.117. The molecule has 0 saturated carbocycles. The van der Waals surface area contributed by atoms with Gasteiger partial charge in [-0.05, 0) is 6.26 Å². The molecule has 2 heterocycles. The summed E-state index contributed by atoms with van der Waals surface area (Å²) in [6.07, 6.45) is 1.47. The lowest BCUT2D eigenvalue weighted by Gasteiger charge is -2.10. The highest BCUT2D eigenvalue weighted by molar-refractivity contribution is 8.00. The van der Waals surface area contributed by atoms with Crippen molar-refractivity contribution in [3.05, 3.63) is 0 Å². The van der Waals surface area contributed by atoms with Crippen molar-refractivity contribution in [1.29, 1.82) is 0 Å². The van der Waals surface area contributed by atoms with Crippen LogP contribution in [0.1, 0.15) is 6.42 Å². The van der Waals surface area contributed by atoms with Crippen LogP contribution in [0.4, 0.5) is 9.02 Å². The lowest BCUT2D eigenvalue weighted by atomic mass is 10.4. The highest BCUT2D eigenvalue weighted by Crippen LogP contribution is 2.31. The average molecular weight is 297 g/mol. The highest BCUT2D eigenvalue weighted by atomic mass is 32.3. The Morgan fingerprint density at radius 1 is 1.53 bits per heavy atom. The van der Waals surface area contributed by atoms with Crippen molar-refractivity contribution < 1.29 is 17.1 Å². The van der Waals surface area contributed by atoms with E-state index in [1.54, 1.807) is 0 Å². The fourth-order valence-corrected chi connectivity index (χ4v) is 3.40. The first kappa shape index (κ1) is 12.7. The number of carbonyl (C=O) groups is 1. The summed E-state index contributed by atoms with van der Waals surface area (Å²) < 4.78 is 34.9. The first-order valence-electron chi connectivity index (χ1n) is 4.53. The molecule has 17 heavy (non-hydrogen) atoms. The molecule has 0 spiro atoms. The van der Waals surface area contributed by atoms with Gasteiger partial charge >= 0.3 is 10.2 Å². The smallest absolute Gasteiger partial charge is 0.285 e. The van der Waals surface area contributed by atoms with Crippen molar-refractivity contribution in [2.24, 2.45) is 0 Å². The van der Waals surface area contributed by atoms with Crippen LogP contribution in [0.25, 0.3) is 0 Å². The molecule has 94 valence electrons. The van der Waals surface area contributed by atoms with Crippen LogP contribution in [-0.4, -0.2) is 42.6 Å². The fourth-order valence-electron chi connectivity index (χ4n) is 1.44. The van der Waals surface area contributed by atoms with E-state index in [1.807, 2.05) is 6.26 Å². The largest absolute Gasteiger partial charge is 0.307 e. The van der Waals surface area contributed by atoms with Crippen molar-refractivity contribution in [3.8, 4) is 0 Å². The molecule has 1 amide bonds. The Hall–Kier alpha value is -0.740. The molecule has 0 bridgehead atoms. The third-order valence-electron chi connectivity index (χ3n) is 2.29. The molecule has 2 rings (SSSR count). The van der Waals surface area contributed by atoms with Crippen LogP contribution in [0.2, 0.25) is 0 Å². The van der Waals surface area contributed by atoms with Crippen LogP contribution in [0.5, 0.6) is 0 Å². The van der Waals surface area contributed by atoms with Gasteiger partial charge in [-0.15, -0.1) is 14.1 Å². The van der Waals surface area contributed by atoms with Crippen LogP contribution >= 0.6 is 23.1 Å². The Bertz CT molecular complexity index is 544. The first-order chi connectivity index (χ1) is 7.91. The summed E-state index contributed by atoms with van der Waals surface area (Å²) in [5.41, 5.74) is 0. The lowest BCUT2D eigenvalue weighted by Crippen LogP contribution is -2.26. The van der Waals surface area contributed by atoms with Crippen molar-refractivity contribution in [2.75, 3.05) is 17.7 Å². The zero-order valence-corrected chi connectivity index (χ0v) is 11.1. The topological polar surface area (TPSA) is 80.2 Å². The van der Waals surface area contributed by atoms with E-state index in [4.69, 9.17) is 0 Å². The summed E-state index contributed by atoms with van der Waals surface area (Å²) in [5, 5.41) is 6.58. The normalized spacial score (nSPS) is 21.2. The maximum Gasteiger partial charge on any atom is 0.307 e. The van der Waals surface area contributed by atoms with E-state index >= 15 is 0 Å². The summed E-state index contributed by atoms with van der Waals surface area (Å²) in [5.74, 6) is -0.444. The van der Waals surface area contributed by atoms with Crippen molar-refractivity contribution >= 4 is 44.4 Å². The van der Waals surface area contributed by atoms with Crippen molar-refractivity contribution in [3.63, 3.8) is 0 Å². The molecule has 1 atom stereocenters. The van der Waals surface area contributed by atoms with Gasteiger partial charge in [0.05, 0.1) is 0 Å². The number of anilines is 1. The van der Waals surface area contributed by atoms with Crippen LogP contribution in [0.3, 0.4) is 0 Å². The van der Waals surface area contributed by atoms with Crippen LogP contribution < -0.4 is 4.90 Å². The highest BCUT2D eigenvalue weighted by Gasteiger charge is 2.40. The van der Waals surface area contributed by atoms with Gasteiger partial charge in [-0.3, -0.25) is 9.69 Å². The molecule has 0 radical (unpaired) electrons. The third kappa shape index (κ3) is 2.58. The molecule has 1 aliphatic rings. The zero-order valence-electron chi connectivity index (χ0n) is 8.66. The number of aromatic nitrogens is 2. The van der Waals surface area contributed by atoms with Gasteiger partial charge in [0.15, 0.2) is 4.34 Å². The molecule has 1 aliphatic heterocycles. The minimum Gasteiger partial charge on any atom is -0.285 e. The molecule has 0 aromatic carbocycles. The molecule has 1 saturated heterocycles. The van der Waals surface area contributed by atoms with Gasteiger partial charge in [0.25, 0.3) is 0 Å². The van der Waals surface area contributed by atoms with Gasteiger partial charge < -0.3 is 0 Å². The number of halogens is 1. The maximum atomic E-state index is 12.8. The second-order valence-corrected chi connectivity index (χ2v) is 6.99. The summed E-state index contributed by atoms with van der Waals surface area (Å²) >= 11 is 2.55. The van der Waals surface area contributed by atoms with E-state index in [9.17, 15) is 17.1 Å². The average Bonchev–Trinajstić information content (AvgIpc) is 2.82. The number of amides is 1. The Balaban J connectivity index is 2.21. The Kier molecular flexibility index (Phi) is 3.36. The predicted octanol–water partition coefficient (Wildman–Crippen LogP) is 0.665. The van der Waals surface area contributed by atoms with Gasteiger partial charge in [0.2, 0.25) is 11.0 Å². The SMILES string of the molecule is CSc1nnc(N2CC(S(=O)(=O)F)CC2=O)s1. The molecule has 6 nitrogen and oxygen atoms in total. The summed E-state index contributed by atoms with van der Waals surface area (Å²) in [6.45, 7) is -0.194. The van der Waals surface area contributed by atoms with Gasteiger partial charge in [0.1, 0.15) is 5.25 Å². The summed E-state index contributed by atoms with van der Waals surface area (Å²) in [7, 11) is -4.69. The minimum atomic E-state index is -4.69. The molecule has 1 fully saturated rings. The second kappa shape index (κ2) is 4.50. The molecular formula is C7H8FN3O3S3. The van der Waals surface area contributed by atoms with Crippen LogP contribution in [0, 0.1) is 0 Å². The molecule has 0 N–H and O–H groups in total. The number of hydrogen-bond acceptors (Lipinski definition) is 7. The zero-order chi connectivity index (χ0) is 12.6. The van der Waals surface area contributed by atoms with Gasteiger partial charge in [-0.2, -0.15) is 8.42 Å². The molecule has 0 aliphatic carbocycles. The summed E-state index contributed by atoms with van der Waals surface area (Å²) in [4.78, 5) is 12.7. The Morgan fingerprint density at radius 2 is 2.24 bits per heavy atom. The molecule has 1 unspecified atom stereocenters. The van der Waals surface area contributed by atoms with Gasteiger partial charge in [-0.1, -0.05) is 23.1 Å². The summed E-state index contributed by atoms with van der Waals surface area (Å²) in [6, 6.07) is 0. The number of hydrogen-bond donors (Lipinski definition) is 0. The third-order valence-corrected chi connectivity index (χ3v) is 5.32. The standard InChI is InChI=1S/C7H8FN3O3S3/c1-15-7-10-9-6(16-7)11-3-4(2-5(11)12)17(8,13)14/h4H,2-3H2,1H3. The van der Waals surface area contributed by atoms with Crippen molar-refractivity contribution in [1.82, 2.24) is 10.2 Å². The van der Waals surface area contributed by atoms with Crippen LogP contribution in [0.15, 0.2) is 4.34 Å². The first-order valence-corrected chi connectivity index (χ1v) is 8.02. The molecule has 1 aromatic heterocycles. The predicted molar refractivity (Wildman–Crippen MR) is 62.5 cm³/mol. The molecule has 1 aromatic rings. The number of nitrogens with zero attached hydrogens (tertiary/aromatic N) is 3. The van der Waals surface area contributed by atoms with E-state index in [2.05, 4.69) is 10.2 Å². The fraction of sp³-hybridized carbons (Fsp3) is 0.571. The molecular weight excluding hydrogens is 289 g/mol. The molecule has 10 heteroatoms. The van der Waals surface area contributed by atoms with Crippen molar-refractivity contribution in [2.45, 2.75) is 16.0 Å². The Labute approximate surface area is 105 Å². The minimum absolute atomic E-state index is 0.194. The number of rotatable bonds is 3. The van der Waals surface area contributed by atoms with E-state index < -0.39 is 21.4 Å². The van der Waals surface area contributed by atoms with Crippen LogP contribution in [-0.2, 0) is 15.0 Å². The Morgan fingerprint density at radius 3 is 2.71 bits per heavy atom. The number of carbonyl (C=O) groups excluding carboxylic acids is 1. The van der Waals surface area contributed by atoms with Gasteiger partial charge in [0, 0.05) is 13.0 Å². The van der Waals surface area contributed by atoms with E-state index in [0.717, 1.165) is 0 Å². The van der Waals surface area contributed by atoms with E-state index in [0.29, 0.717) is 9.47 Å². The second-order valence-electron chi connectivity index (χ2n) is 3.36. The van der Waals surface area contributed by atoms with E-state index in [1.165, 1.54) is 28.0 Å². The maximum absolute atomic E-state index is 12.8. The van der Waals surface area contributed by atoms with Gasteiger partial charge in [-0.25, -0.2) is 0 Å².